The minimum absolute atomic E-state index is 0.0295. The summed E-state index contributed by atoms with van der Waals surface area (Å²) in [5, 5.41) is 9.75. The molecular weight excluding hydrogens is 420 g/mol. The number of para-hydroxylation sites is 1. The normalized spacial score (nSPS) is 18.3. The van der Waals surface area contributed by atoms with E-state index in [-0.39, 0.29) is 30.6 Å². The van der Waals surface area contributed by atoms with Crippen LogP contribution in [0.1, 0.15) is 48.2 Å². The van der Waals surface area contributed by atoms with Crippen LogP contribution in [-0.4, -0.2) is 42.9 Å². The van der Waals surface area contributed by atoms with Crippen LogP contribution in [0, 0.1) is 0 Å². The Bertz CT molecular complexity index is 1070. The van der Waals surface area contributed by atoms with Gasteiger partial charge in [-0.15, -0.1) is 11.3 Å². The molecular formula is C25H30N4O2S. The largest absolute Gasteiger partial charge is 0.377 e. The highest BCUT2D eigenvalue weighted by atomic mass is 32.1. The topological polar surface area (TPSA) is 74.3 Å². The maximum Gasteiger partial charge on any atom is 0.220 e. The Hall–Kier alpha value is -2.93. The number of nitrogens with zero attached hydrogens (tertiary/aromatic N) is 2. The maximum atomic E-state index is 12.3. The second-order valence-electron chi connectivity index (χ2n) is 8.60. The molecule has 6 nitrogen and oxygen atoms in total. The molecule has 0 radical (unpaired) electrons. The molecule has 0 unspecified atom stereocenters. The first-order chi connectivity index (χ1) is 15.5. The van der Waals surface area contributed by atoms with Crippen LogP contribution in [-0.2, 0) is 4.79 Å². The van der Waals surface area contributed by atoms with Gasteiger partial charge in [-0.3, -0.25) is 9.59 Å². The summed E-state index contributed by atoms with van der Waals surface area (Å²) in [6.45, 7) is 0. The molecule has 1 aliphatic carbocycles. The summed E-state index contributed by atoms with van der Waals surface area (Å²) in [6, 6.07) is 14.5. The number of rotatable bonds is 8. The first-order valence-corrected chi connectivity index (χ1v) is 12.1. The summed E-state index contributed by atoms with van der Waals surface area (Å²) in [4.78, 5) is 32.0. The van der Waals surface area contributed by atoms with E-state index in [0.29, 0.717) is 6.04 Å². The lowest BCUT2D eigenvalue weighted by Crippen LogP contribution is -2.40. The first-order valence-electron chi connectivity index (χ1n) is 11.2. The molecule has 0 atom stereocenters. The smallest absolute Gasteiger partial charge is 0.220 e. The van der Waals surface area contributed by atoms with Crippen LogP contribution in [0.5, 0.6) is 0 Å². The minimum atomic E-state index is -0.0295. The van der Waals surface area contributed by atoms with Crippen LogP contribution < -0.4 is 15.5 Å². The molecule has 0 spiro atoms. The van der Waals surface area contributed by atoms with E-state index in [1.807, 2.05) is 49.8 Å². The second-order valence-corrected chi connectivity index (χ2v) is 9.55. The number of ketones is 1. The van der Waals surface area contributed by atoms with Crippen molar-refractivity contribution in [1.82, 2.24) is 10.3 Å². The van der Waals surface area contributed by atoms with Gasteiger partial charge in [-0.2, -0.15) is 0 Å². The predicted molar refractivity (Wildman–Crippen MR) is 132 cm³/mol. The molecule has 7 heteroatoms. The van der Waals surface area contributed by atoms with E-state index in [1.165, 1.54) is 11.3 Å². The second kappa shape index (κ2) is 10.1. The van der Waals surface area contributed by atoms with Crippen molar-refractivity contribution in [3.05, 3.63) is 52.7 Å². The first kappa shape index (κ1) is 22.3. The van der Waals surface area contributed by atoms with E-state index < -0.39 is 0 Å². The summed E-state index contributed by atoms with van der Waals surface area (Å²) in [7, 11) is 4.10. The van der Waals surface area contributed by atoms with E-state index in [2.05, 4.69) is 27.7 Å². The maximum absolute atomic E-state index is 12.3. The summed E-state index contributed by atoms with van der Waals surface area (Å²) in [6.07, 6.45) is 4.33. The zero-order chi connectivity index (χ0) is 22.5. The van der Waals surface area contributed by atoms with Crippen molar-refractivity contribution in [2.45, 2.75) is 50.6 Å². The van der Waals surface area contributed by atoms with Crippen LogP contribution in [0.3, 0.4) is 0 Å². The predicted octanol–water partition coefficient (Wildman–Crippen LogP) is 4.86. The van der Waals surface area contributed by atoms with Crippen LogP contribution in [0.15, 0.2) is 47.8 Å². The fraction of sp³-hybridized carbons (Fsp3) is 0.400. The number of Topliss-reactive ketones (excluding diaryl/α,β-unsaturated/α-hetero) is 1. The van der Waals surface area contributed by atoms with Gasteiger partial charge in [0.15, 0.2) is 5.78 Å². The number of carbonyl (C=O) groups excluding carboxylic acids is 2. The van der Waals surface area contributed by atoms with Gasteiger partial charge in [0.25, 0.3) is 0 Å². The molecule has 0 bridgehead atoms. The molecule has 1 saturated carbocycles. The highest BCUT2D eigenvalue weighted by Crippen LogP contribution is 2.29. The zero-order valence-corrected chi connectivity index (χ0v) is 19.5. The van der Waals surface area contributed by atoms with E-state index in [1.54, 1.807) is 0 Å². The van der Waals surface area contributed by atoms with Gasteiger partial charge in [-0.25, -0.2) is 4.98 Å². The van der Waals surface area contributed by atoms with Gasteiger partial charge in [-0.1, -0.05) is 24.3 Å². The van der Waals surface area contributed by atoms with Gasteiger partial charge >= 0.3 is 0 Å². The molecule has 168 valence electrons. The Morgan fingerprint density at radius 2 is 1.78 bits per heavy atom. The zero-order valence-electron chi connectivity index (χ0n) is 18.6. The Balaban J connectivity index is 1.27. The van der Waals surface area contributed by atoms with Crippen molar-refractivity contribution in [2.75, 3.05) is 24.3 Å². The number of amides is 1. The highest BCUT2D eigenvalue weighted by molar-refractivity contribution is 7.12. The molecule has 0 saturated heterocycles. The summed E-state index contributed by atoms with van der Waals surface area (Å²) in [5.74, 6) is 0.910. The molecule has 0 aliphatic heterocycles. The molecule has 2 N–H and O–H groups in total. The number of benzene rings is 1. The van der Waals surface area contributed by atoms with Gasteiger partial charge in [0.1, 0.15) is 5.82 Å². The minimum Gasteiger partial charge on any atom is -0.377 e. The number of hydrogen-bond acceptors (Lipinski definition) is 6. The van der Waals surface area contributed by atoms with E-state index >= 15 is 0 Å². The Labute approximate surface area is 193 Å². The fourth-order valence-electron chi connectivity index (χ4n) is 4.28. The highest BCUT2D eigenvalue weighted by Gasteiger charge is 2.23. The molecule has 1 aromatic carbocycles. The Morgan fingerprint density at radius 3 is 2.50 bits per heavy atom. The van der Waals surface area contributed by atoms with E-state index in [4.69, 9.17) is 4.98 Å². The molecule has 2 aromatic heterocycles. The quantitative estimate of drug-likeness (QED) is 0.479. The van der Waals surface area contributed by atoms with Gasteiger partial charge in [0.05, 0.1) is 10.4 Å². The number of hydrogen-bond donors (Lipinski definition) is 2. The number of pyridine rings is 1. The molecule has 32 heavy (non-hydrogen) atoms. The molecule has 2 heterocycles. The third-order valence-electron chi connectivity index (χ3n) is 6.00. The molecule has 1 fully saturated rings. The summed E-state index contributed by atoms with van der Waals surface area (Å²) in [5.41, 5.74) is 2.13. The SMILES string of the molecule is CN(C)c1cc(N[C@H]2CC[C@@H](NC(=O)CCC(=O)c3cccs3)CC2)nc2ccccc12. The fourth-order valence-corrected chi connectivity index (χ4v) is 4.97. The monoisotopic (exact) mass is 450 g/mol. The lowest BCUT2D eigenvalue weighted by atomic mass is 9.91. The molecule has 1 aliphatic rings. The lowest BCUT2D eigenvalue weighted by molar-refractivity contribution is -0.122. The van der Waals surface area contributed by atoms with Crippen LogP contribution in [0.4, 0.5) is 11.5 Å². The van der Waals surface area contributed by atoms with Gasteiger partial charge in [-0.05, 0) is 43.2 Å². The number of aromatic nitrogens is 1. The van der Waals surface area contributed by atoms with Crippen LogP contribution in [0.2, 0.25) is 0 Å². The van der Waals surface area contributed by atoms with Crippen molar-refractivity contribution < 1.29 is 9.59 Å². The van der Waals surface area contributed by atoms with Crippen molar-refractivity contribution in [3.8, 4) is 0 Å². The number of carbonyl (C=O) groups is 2. The van der Waals surface area contributed by atoms with Crippen molar-refractivity contribution >= 4 is 45.4 Å². The third-order valence-corrected chi connectivity index (χ3v) is 6.91. The number of fused-ring (bicyclic) bond motifs is 1. The third kappa shape index (κ3) is 5.46. The van der Waals surface area contributed by atoms with E-state index in [0.717, 1.165) is 53.0 Å². The average Bonchev–Trinajstić information content (AvgIpc) is 3.33. The standard InChI is InChI=1S/C25H30N4O2S/c1-29(2)21-16-24(28-20-7-4-3-6-19(20)21)26-17-9-11-18(12-10-17)27-25(31)14-13-22(30)23-8-5-15-32-23/h3-8,15-18H,9-14H2,1-2H3,(H,26,28)(H,27,31)/t17-,18+. The van der Waals surface area contributed by atoms with Crippen molar-refractivity contribution in [3.63, 3.8) is 0 Å². The lowest BCUT2D eigenvalue weighted by Gasteiger charge is -2.30. The summed E-state index contributed by atoms with van der Waals surface area (Å²) < 4.78 is 0. The van der Waals surface area contributed by atoms with E-state index in [9.17, 15) is 9.59 Å². The van der Waals surface area contributed by atoms with Crippen LogP contribution >= 0.6 is 11.3 Å². The molecule has 4 rings (SSSR count). The van der Waals surface area contributed by atoms with Crippen LogP contribution in [0.25, 0.3) is 10.9 Å². The van der Waals surface area contributed by atoms with Gasteiger partial charge < -0.3 is 15.5 Å². The Kier molecular flexibility index (Phi) is 7.05. The summed E-state index contributed by atoms with van der Waals surface area (Å²) >= 11 is 1.43. The average molecular weight is 451 g/mol. The molecule has 1 amide bonds. The Morgan fingerprint density at radius 1 is 1.03 bits per heavy atom. The number of anilines is 2. The van der Waals surface area contributed by atoms with Gasteiger partial charge in [0, 0.05) is 56.2 Å². The number of nitrogens with one attached hydrogen (secondary N) is 2. The van der Waals surface area contributed by atoms with Gasteiger partial charge in [0.2, 0.25) is 5.91 Å². The van der Waals surface area contributed by atoms with Crippen molar-refractivity contribution in [1.29, 1.82) is 0 Å². The molecule has 3 aromatic rings. The number of thiophene rings is 1. The van der Waals surface area contributed by atoms with Crippen molar-refractivity contribution in [2.24, 2.45) is 0 Å².